The molecule has 2 rings (SSSR count). The van der Waals surface area contributed by atoms with E-state index >= 15 is 0 Å². The van der Waals surface area contributed by atoms with Crippen molar-refractivity contribution in [3.8, 4) is 0 Å². The standard InChI is InChI=1S/C8H6ClN3O/c9-6-4(8(10)13)1-2-5-7(6)12-3-11-5/h1-3H,(H2,10,13)(H,11,12). The van der Waals surface area contributed by atoms with Gasteiger partial charge in [-0.1, -0.05) is 11.6 Å². The Labute approximate surface area is 78.7 Å². The summed E-state index contributed by atoms with van der Waals surface area (Å²) in [4.78, 5) is 17.7. The molecule has 0 fully saturated rings. The van der Waals surface area contributed by atoms with E-state index in [1.165, 1.54) is 6.33 Å². The molecule has 13 heavy (non-hydrogen) atoms. The first-order valence-corrected chi connectivity index (χ1v) is 3.99. The van der Waals surface area contributed by atoms with Gasteiger partial charge in [-0.05, 0) is 12.1 Å². The molecule has 0 bridgehead atoms. The number of nitrogens with zero attached hydrogens (tertiary/aromatic N) is 1. The van der Waals surface area contributed by atoms with E-state index in [0.717, 1.165) is 5.52 Å². The molecule has 4 nitrogen and oxygen atoms in total. The third kappa shape index (κ3) is 1.15. The fourth-order valence-corrected chi connectivity index (χ4v) is 1.47. The van der Waals surface area contributed by atoms with Crippen LogP contribution in [0.2, 0.25) is 5.02 Å². The van der Waals surface area contributed by atoms with E-state index < -0.39 is 5.91 Å². The summed E-state index contributed by atoms with van der Waals surface area (Å²) < 4.78 is 0. The second-order valence-electron chi connectivity index (χ2n) is 2.59. The lowest BCUT2D eigenvalue weighted by atomic mass is 10.2. The first kappa shape index (κ1) is 8.07. The average Bonchev–Trinajstić information content (AvgIpc) is 2.52. The summed E-state index contributed by atoms with van der Waals surface area (Å²) in [6, 6.07) is 3.29. The molecule has 3 N–H and O–H groups in total. The van der Waals surface area contributed by atoms with Gasteiger partial charge in [0.25, 0.3) is 0 Å². The molecule has 1 aromatic carbocycles. The Balaban J connectivity index is 2.80. The molecule has 0 atom stereocenters. The number of carbonyl (C=O) groups excluding carboxylic acids is 1. The number of nitrogens with two attached hydrogens (primary N) is 1. The fourth-order valence-electron chi connectivity index (χ4n) is 1.16. The Morgan fingerprint density at radius 2 is 2.31 bits per heavy atom. The lowest BCUT2D eigenvalue weighted by Gasteiger charge is -1.98. The zero-order chi connectivity index (χ0) is 9.42. The van der Waals surface area contributed by atoms with Gasteiger partial charge >= 0.3 is 0 Å². The van der Waals surface area contributed by atoms with Crippen LogP contribution in [-0.4, -0.2) is 15.9 Å². The van der Waals surface area contributed by atoms with Crippen LogP contribution in [0.3, 0.4) is 0 Å². The highest BCUT2D eigenvalue weighted by Gasteiger charge is 2.10. The van der Waals surface area contributed by atoms with Gasteiger partial charge in [0.2, 0.25) is 5.91 Å². The van der Waals surface area contributed by atoms with Crippen molar-refractivity contribution in [1.82, 2.24) is 9.97 Å². The summed E-state index contributed by atoms with van der Waals surface area (Å²) >= 11 is 5.89. The largest absolute Gasteiger partial charge is 0.366 e. The number of nitrogens with one attached hydrogen (secondary N) is 1. The maximum atomic E-state index is 10.9. The van der Waals surface area contributed by atoms with Gasteiger partial charge < -0.3 is 10.7 Å². The molecule has 0 aliphatic heterocycles. The molecule has 5 heteroatoms. The van der Waals surface area contributed by atoms with Crippen LogP contribution in [0.4, 0.5) is 0 Å². The third-order valence-electron chi connectivity index (χ3n) is 1.80. The van der Waals surface area contributed by atoms with Crippen molar-refractivity contribution in [3.05, 3.63) is 29.0 Å². The highest BCUT2D eigenvalue weighted by Crippen LogP contribution is 2.24. The van der Waals surface area contributed by atoms with Gasteiger partial charge in [-0.25, -0.2) is 4.98 Å². The Morgan fingerprint density at radius 3 is 3.00 bits per heavy atom. The average molecular weight is 196 g/mol. The molecule has 1 heterocycles. The number of fused-ring (bicyclic) bond motifs is 1. The van der Waals surface area contributed by atoms with E-state index in [2.05, 4.69) is 9.97 Å². The first-order chi connectivity index (χ1) is 6.20. The van der Waals surface area contributed by atoms with Crippen molar-refractivity contribution < 1.29 is 4.79 Å². The number of hydrogen-bond donors (Lipinski definition) is 2. The number of halogens is 1. The summed E-state index contributed by atoms with van der Waals surface area (Å²) in [5.41, 5.74) is 6.76. The van der Waals surface area contributed by atoms with Crippen LogP contribution in [0.5, 0.6) is 0 Å². The first-order valence-electron chi connectivity index (χ1n) is 3.61. The van der Waals surface area contributed by atoms with Crippen molar-refractivity contribution in [2.75, 3.05) is 0 Å². The Morgan fingerprint density at radius 1 is 1.54 bits per heavy atom. The second-order valence-corrected chi connectivity index (χ2v) is 2.97. The Bertz CT molecular complexity index is 477. The molecule has 0 saturated carbocycles. The maximum absolute atomic E-state index is 10.9. The SMILES string of the molecule is NC(=O)c1ccc2[nH]cnc2c1Cl. The molecule has 0 spiro atoms. The van der Waals surface area contributed by atoms with Crippen molar-refractivity contribution in [1.29, 1.82) is 0 Å². The highest BCUT2D eigenvalue weighted by atomic mass is 35.5. The molecule has 0 radical (unpaired) electrons. The molecule has 1 aromatic heterocycles. The summed E-state index contributed by atoms with van der Waals surface area (Å²) in [5, 5.41) is 0.297. The summed E-state index contributed by atoms with van der Waals surface area (Å²) in [6.07, 6.45) is 1.52. The number of H-pyrrole nitrogens is 1. The number of benzene rings is 1. The zero-order valence-corrected chi connectivity index (χ0v) is 7.30. The quantitative estimate of drug-likeness (QED) is 0.720. The molecule has 0 aliphatic rings. The van der Waals surface area contributed by atoms with Crippen LogP contribution in [-0.2, 0) is 0 Å². The lowest BCUT2D eigenvalue weighted by Crippen LogP contribution is -2.11. The predicted molar refractivity (Wildman–Crippen MR) is 49.6 cm³/mol. The van der Waals surface area contributed by atoms with Gasteiger partial charge in [-0.15, -0.1) is 0 Å². The second kappa shape index (κ2) is 2.74. The molecule has 0 unspecified atom stereocenters. The van der Waals surface area contributed by atoms with E-state index in [1.54, 1.807) is 12.1 Å². The molecule has 0 aliphatic carbocycles. The number of aromatic nitrogens is 2. The van der Waals surface area contributed by atoms with Crippen molar-refractivity contribution in [2.45, 2.75) is 0 Å². The lowest BCUT2D eigenvalue weighted by molar-refractivity contribution is 0.100. The van der Waals surface area contributed by atoms with Gasteiger partial charge in [0.05, 0.1) is 22.4 Å². The summed E-state index contributed by atoms with van der Waals surface area (Å²) in [5.74, 6) is -0.546. The number of aromatic amines is 1. The van der Waals surface area contributed by atoms with Crippen molar-refractivity contribution in [3.63, 3.8) is 0 Å². The molecular formula is C8H6ClN3O. The van der Waals surface area contributed by atoms with E-state index in [-0.39, 0.29) is 0 Å². The molecule has 66 valence electrons. The van der Waals surface area contributed by atoms with Gasteiger partial charge in [0, 0.05) is 0 Å². The fraction of sp³-hybridized carbons (Fsp3) is 0. The maximum Gasteiger partial charge on any atom is 0.250 e. The minimum absolute atomic E-state index is 0.293. The Hall–Kier alpha value is -1.55. The number of primary amides is 1. The van der Waals surface area contributed by atoms with Gasteiger partial charge in [0.15, 0.2) is 0 Å². The van der Waals surface area contributed by atoms with Crippen LogP contribution in [0.1, 0.15) is 10.4 Å². The van der Waals surface area contributed by atoms with Gasteiger partial charge in [-0.2, -0.15) is 0 Å². The van der Waals surface area contributed by atoms with Crippen LogP contribution in [0, 0.1) is 0 Å². The smallest absolute Gasteiger partial charge is 0.250 e. The van der Waals surface area contributed by atoms with Crippen molar-refractivity contribution in [2.24, 2.45) is 5.73 Å². The van der Waals surface area contributed by atoms with Crippen LogP contribution in [0.25, 0.3) is 11.0 Å². The number of carbonyl (C=O) groups is 1. The summed E-state index contributed by atoms with van der Waals surface area (Å²) in [7, 11) is 0. The number of imidazole rings is 1. The van der Waals surface area contributed by atoms with Crippen molar-refractivity contribution >= 4 is 28.5 Å². The van der Waals surface area contributed by atoms with Crippen LogP contribution < -0.4 is 5.73 Å². The van der Waals surface area contributed by atoms with Crippen LogP contribution in [0.15, 0.2) is 18.5 Å². The van der Waals surface area contributed by atoms with E-state index in [9.17, 15) is 4.79 Å². The normalized spacial score (nSPS) is 10.5. The van der Waals surface area contributed by atoms with Gasteiger partial charge in [0.1, 0.15) is 5.52 Å². The van der Waals surface area contributed by atoms with E-state index in [0.29, 0.717) is 16.1 Å². The molecule has 0 saturated heterocycles. The van der Waals surface area contributed by atoms with E-state index in [1.807, 2.05) is 0 Å². The molecule has 1 amide bonds. The minimum atomic E-state index is -0.546. The number of rotatable bonds is 1. The number of hydrogen-bond acceptors (Lipinski definition) is 2. The highest BCUT2D eigenvalue weighted by molar-refractivity contribution is 6.38. The predicted octanol–water partition coefficient (Wildman–Crippen LogP) is 1.32. The minimum Gasteiger partial charge on any atom is -0.366 e. The summed E-state index contributed by atoms with van der Waals surface area (Å²) in [6.45, 7) is 0. The molecular weight excluding hydrogens is 190 g/mol. The Kier molecular flexibility index (Phi) is 1.70. The third-order valence-corrected chi connectivity index (χ3v) is 2.18. The molecule has 2 aromatic rings. The zero-order valence-electron chi connectivity index (χ0n) is 6.54. The topological polar surface area (TPSA) is 71.8 Å². The monoisotopic (exact) mass is 195 g/mol. The number of amides is 1. The van der Waals surface area contributed by atoms with Gasteiger partial charge in [-0.3, -0.25) is 4.79 Å². The van der Waals surface area contributed by atoms with Crippen LogP contribution >= 0.6 is 11.6 Å². The van der Waals surface area contributed by atoms with E-state index in [4.69, 9.17) is 17.3 Å².